The molecule has 0 saturated heterocycles. The zero-order valence-electron chi connectivity index (χ0n) is 21.3. The molecule has 0 rings (SSSR count). The summed E-state index contributed by atoms with van der Waals surface area (Å²) in [4.78, 5) is 11.9. The lowest BCUT2D eigenvalue weighted by molar-refractivity contribution is -0.149. The Kier molecular flexibility index (Phi) is 12.2. The van der Waals surface area contributed by atoms with Crippen molar-refractivity contribution in [1.82, 2.24) is 0 Å². The van der Waals surface area contributed by atoms with Crippen LogP contribution in [0.3, 0.4) is 0 Å². The number of rotatable bonds is 15. The molecule has 1 atom stereocenters. The van der Waals surface area contributed by atoms with Crippen LogP contribution in [0.15, 0.2) is 12.2 Å². The first-order valence-electron chi connectivity index (χ1n) is 10.8. The summed E-state index contributed by atoms with van der Waals surface area (Å²) in [6.45, 7) is 28.3. The average molecular weight is 495 g/mol. The molecule has 0 heterocycles. The fourth-order valence-corrected chi connectivity index (χ4v) is 16.9. The molecule has 0 aromatic carbocycles. The average Bonchev–Trinajstić information content (AvgIpc) is 2.46. The highest BCUT2D eigenvalue weighted by Gasteiger charge is 2.37. The number of hydrogen-bond donors (Lipinski definition) is 0. The van der Waals surface area contributed by atoms with Crippen LogP contribution in [-0.4, -0.2) is 65.4 Å². The molecule has 6 nitrogen and oxygen atoms in total. The Morgan fingerprint density at radius 3 is 1.90 bits per heavy atom. The van der Waals surface area contributed by atoms with E-state index >= 15 is 0 Å². The number of esters is 1. The van der Waals surface area contributed by atoms with E-state index < -0.39 is 45.6 Å². The van der Waals surface area contributed by atoms with Gasteiger partial charge in [-0.25, -0.2) is 4.79 Å². The van der Waals surface area contributed by atoms with Crippen LogP contribution >= 0.6 is 0 Å². The van der Waals surface area contributed by atoms with Gasteiger partial charge in [0.05, 0.1) is 13.2 Å². The van der Waals surface area contributed by atoms with Crippen molar-refractivity contribution in [2.24, 2.45) is 0 Å². The third-order valence-electron chi connectivity index (χ3n) is 3.77. The number of ether oxygens (including phenoxy) is 2. The molecule has 0 aliphatic rings. The molecule has 1 unspecified atom stereocenters. The second kappa shape index (κ2) is 12.2. The third kappa shape index (κ3) is 16.6. The molecule has 10 heteroatoms. The van der Waals surface area contributed by atoms with Gasteiger partial charge in [-0.1, -0.05) is 6.58 Å². The quantitative estimate of drug-likeness (QED) is 0.129. The van der Waals surface area contributed by atoms with Gasteiger partial charge in [0, 0.05) is 12.2 Å². The minimum atomic E-state index is -2.11. The summed E-state index contributed by atoms with van der Waals surface area (Å²) in [6, 6.07) is 1.00. The molecule has 0 aromatic rings. The lowest BCUT2D eigenvalue weighted by Crippen LogP contribution is -2.51. The minimum absolute atomic E-state index is 0.325. The fourth-order valence-electron chi connectivity index (χ4n) is 3.00. The highest BCUT2D eigenvalue weighted by atomic mass is 28.5. The van der Waals surface area contributed by atoms with E-state index in [1.807, 2.05) is 0 Å². The zero-order chi connectivity index (χ0) is 23.8. The largest absolute Gasteiger partial charge is 0.454 e. The van der Waals surface area contributed by atoms with E-state index in [1.54, 1.807) is 6.92 Å². The molecule has 0 aliphatic heterocycles. The number of hydrogen-bond acceptors (Lipinski definition) is 6. The van der Waals surface area contributed by atoms with E-state index in [0.29, 0.717) is 25.4 Å². The lowest BCUT2D eigenvalue weighted by Gasteiger charge is -2.37. The smallest absolute Gasteiger partial charge is 0.333 e. The van der Waals surface area contributed by atoms with Crippen molar-refractivity contribution in [3.63, 3.8) is 0 Å². The van der Waals surface area contributed by atoms with Crippen molar-refractivity contribution in [2.45, 2.75) is 91.0 Å². The maximum atomic E-state index is 11.9. The van der Waals surface area contributed by atoms with Crippen LogP contribution < -0.4 is 0 Å². The second-order valence-electron chi connectivity index (χ2n) is 10.9. The summed E-state index contributed by atoms with van der Waals surface area (Å²) in [7, 11) is -7.27. The van der Waals surface area contributed by atoms with E-state index in [2.05, 4.69) is 72.0 Å². The van der Waals surface area contributed by atoms with Crippen molar-refractivity contribution in [3.8, 4) is 0 Å². The summed E-state index contributed by atoms with van der Waals surface area (Å²) in [5.74, 6) is -0.403. The Bertz CT molecular complexity index is 552. The van der Waals surface area contributed by atoms with Gasteiger partial charge in [0.25, 0.3) is 0 Å². The molecule has 178 valence electrons. The minimum Gasteiger partial charge on any atom is -0.454 e. The first kappa shape index (κ1) is 29.9. The Hall–Kier alpha value is -0.0825. The van der Waals surface area contributed by atoms with E-state index in [-0.39, 0.29) is 0 Å². The molecule has 0 N–H and O–H groups in total. The van der Waals surface area contributed by atoms with Crippen molar-refractivity contribution in [1.29, 1.82) is 0 Å². The molecule has 0 radical (unpaired) electrons. The standard InChI is InChI=1S/C20H46O6Si4/c1-18(2)20(21)24-19(17-23-27(3,4)5)16-22-14-13-15-29(9,10)26-30(11,12)25-28(6,7)8/h19H,1,13-17H2,2-12H3. The van der Waals surface area contributed by atoms with Crippen LogP contribution in [0, 0.1) is 0 Å². The van der Waals surface area contributed by atoms with Crippen molar-refractivity contribution < 1.29 is 26.9 Å². The third-order valence-corrected chi connectivity index (χ3v) is 15.0. The predicted molar refractivity (Wildman–Crippen MR) is 135 cm³/mol. The molecule has 0 aliphatic carbocycles. The summed E-state index contributed by atoms with van der Waals surface area (Å²) >= 11 is 0. The maximum absolute atomic E-state index is 11.9. The molecule has 0 amide bonds. The molecule has 0 bridgehead atoms. The lowest BCUT2D eigenvalue weighted by atomic mass is 10.3. The zero-order valence-corrected chi connectivity index (χ0v) is 25.3. The van der Waals surface area contributed by atoms with Gasteiger partial charge in [0.1, 0.15) is 6.10 Å². The summed E-state index contributed by atoms with van der Waals surface area (Å²) in [6.07, 6.45) is 0.492. The van der Waals surface area contributed by atoms with Gasteiger partial charge in [-0.2, -0.15) is 0 Å². The highest BCUT2D eigenvalue weighted by Crippen LogP contribution is 2.23. The van der Waals surface area contributed by atoms with E-state index in [0.717, 1.165) is 12.5 Å². The normalized spacial score (nSPS) is 14.5. The first-order valence-corrected chi connectivity index (χ1v) is 23.6. The number of carbonyl (C=O) groups excluding carboxylic acids is 1. The van der Waals surface area contributed by atoms with Crippen LogP contribution in [0.4, 0.5) is 0 Å². The van der Waals surface area contributed by atoms with Gasteiger partial charge in [0.15, 0.2) is 25.0 Å². The van der Waals surface area contributed by atoms with E-state index in [9.17, 15) is 4.79 Å². The van der Waals surface area contributed by atoms with Crippen molar-refractivity contribution >= 4 is 39.5 Å². The summed E-state index contributed by atoms with van der Waals surface area (Å²) in [5.41, 5.74) is 0.380. The van der Waals surface area contributed by atoms with Crippen molar-refractivity contribution in [3.05, 3.63) is 12.2 Å². The molecule has 0 spiro atoms. The Labute approximate surface area is 189 Å². The van der Waals surface area contributed by atoms with Gasteiger partial charge in [-0.05, 0) is 84.9 Å². The predicted octanol–water partition coefficient (Wildman–Crippen LogP) is 5.51. The Balaban J connectivity index is 4.50. The highest BCUT2D eigenvalue weighted by molar-refractivity contribution is 6.87. The van der Waals surface area contributed by atoms with Gasteiger partial charge in [0.2, 0.25) is 0 Å². The topological polar surface area (TPSA) is 63.2 Å². The van der Waals surface area contributed by atoms with Crippen LogP contribution in [0.1, 0.15) is 13.3 Å². The molecule has 30 heavy (non-hydrogen) atoms. The van der Waals surface area contributed by atoms with Crippen LogP contribution in [0.5, 0.6) is 0 Å². The van der Waals surface area contributed by atoms with Gasteiger partial charge in [-0.3, -0.25) is 0 Å². The molecular formula is C20H46O6Si4. The van der Waals surface area contributed by atoms with Crippen LogP contribution in [0.25, 0.3) is 0 Å². The van der Waals surface area contributed by atoms with Crippen molar-refractivity contribution in [2.75, 3.05) is 19.8 Å². The monoisotopic (exact) mass is 494 g/mol. The molecule has 0 aromatic heterocycles. The van der Waals surface area contributed by atoms with Crippen LogP contribution in [-0.2, 0) is 26.9 Å². The molecule has 0 saturated carbocycles. The maximum Gasteiger partial charge on any atom is 0.333 e. The fraction of sp³-hybridized carbons (Fsp3) is 0.850. The first-order chi connectivity index (χ1) is 13.3. The molecule has 0 fully saturated rings. The van der Waals surface area contributed by atoms with E-state index in [4.69, 9.17) is 22.1 Å². The summed E-state index contributed by atoms with van der Waals surface area (Å²) in [5, 5.41) is 0. The van der Waals surface area contributed by atoms with Gasteiger partial charge in [-0.15, -0.1) is 0 Å². The molecular weight excluding hydrogens is 449 g/mol. The second-order valence-corrected chi connectivity index (χ2v) is 28.1. The SMILES string of the molecule is C=C(C)C(=O)OC(COCCC[Si](C)(C)O[Si](C)(C)O[Si](C)(C)C)CO[Si](C)(C)C. The van der Waals surface area contributed by atoms with Gasteiger partial charge < -0.3 is 22.1 Å². The Morgan fingerprint density at radius 2 is 1.43 bits per heavy atom. The Morgan fingerprint density at radius 1 is 0.867 bits per heavy atom. The van der Waals surface area contributed by atoms with Crippen LogP contribution in [0.2, 0.25) is 71.5 Å². The van der Waals surface area contributed by atoms with Gasteiger partial charge >= 0.3 is 14.5 Å². The van der Waals surface area contributed by atoms with E-state index in [1.165, 1.54) is 0 Å². The number of carbonyl (C=O) groups is 1. The summed E-state index contributed by atoms with van der Waals surface area (Å²) < 4.78 is 30.1.